The number of anilines is 3. The molecule has 7 rings (SSSR count). The second-order valence-electron chi connectivity index (χ2n) is 14.8. The molecule has 5 aromatic rings. The number of aromatic nitrogens is 3. The van der Waals surface area contributed by atoms with Crippen LogP contribution in [0.5, 0.6) is 5.75 Å². The number of carbonyl (C=O) groups excluding carboxylic acids is 1. The number of likely N-dealkylation sites (N-methyl/N-ethyl adjacent to an activating group) is 1. The number of ether oxygens (including phenoxy) is 3. The van der Waals surface area contributed by atoms with Crippen LogP contribution < -0.4 is 19.9 Å². The monoisotopic (exact) mass is 810 g/mol. The third-order valence-corrected chi connectivity index (χ3v) is 11.0. The topological polar surface area (TPSA) is 138 Å². The smallest absolute Gasteiger partial charge is 0.407 e. The molecule has 4 atom stereocenters. The molecule has 0 bridgehead atoms. The van der Waals surface area contributed by atoms with Crippen molar-refractivity contribution in [3.05, 3.63) is 132 Å². The van der Waals surface area contributed by atoms with Gasteiger partial charge in [-0.2, -0.15) is 5.10 Å². The number of nitrogens with zero attached hydrogens (tertiary/aromatic N) is 7. The summed E-state index contributed by atoms with van der Waals surface area (Å²) < 4.78 is 48.5. The highest BCUT2D eigenvalue weighted by atomic mass is 19.1. The molecule has 2 saturated heterocycles. The van der Waals surface area contributed by atoms with Crippen molar-refractivity contribution in [1.29, 1.82) is 0 Å². The predicted octanol–water partition coefficient (Wildman–Crippen LogP) is 6.65. The van der Waals surface area contributed by atoms with E-state index in [1.54, 1.807) is 7.05 Å². The number of halogens is 2. The highest BCUT2D eigenvalue weighted by Gasteiger charge is 2.46. The van der Waals surface area contributed by atoms with Crippen LogP contribution >= 0.6 is 0 Å². The maximum absolute atomic E-state index is 14.9. The Morgan fingerprint density at radius 3 is 2.20 bits per heavy atom. The number of benzene rings is 4. The molecule has 0 spiro atoms. The van der Waals surface area contributed by atoms with E-state index >= 15 is 0 Å². The van der Waals surface area contributed by atoms with E-state index in [4.69, 9.17) is 14.2 Å². The van der Waals surface area contributed by atoms with E-state index in [0.717, 1.165) is 55.2 Å². The maximum atomic E-state index is 14.9. The molecule has 2 aliphatic heterocycles. The Morgan fingerprint density at radius 1 is 0.932 bits per heavy atom. The van der Waals surface area contributed by atoms with Crippen LogP contribution in [-0.4, -0.2) is 106 Å². The van der Waals surface area contributed by atoms with E-state index in [2.05, 4.69) is 25.2 Å². The molecule has 16 heteroatoms. The fourth-order valence-electron chi connectivity index (χ4n) is 7.35. The molecule has 1 aromatic heterocycles. The summed E-state index contributed by atoms with van der Waals surface area (Å²) in [6.07, 6.45) is 1.26. The number of amides is 3. The number of hydrogen-bond acceptors (Lipinski definition) is 9. The van der Waals surface area contributed by atoms with Crippen LogP contribution in [0.25, 0.3) is 0 Å². The Kier molecular flexibility index (Phi) is 12.6. The molecule has 0 aliphatic carbocycles. The van der Waals surface area contributed by atoms with Crippen LogP contribution in [0.3, 0.4) is 0 Å². The highest BCUT2D eigenvalue weighted by molar-refractivity contribution is 5.89. The van der Waals surface area contributed by atoms with Crippen molar-refractivity contribution in [2.75, 3.05) is 61.6 Å². The largest absolute Gasteiger partial charge is 0.491 e. The Bertz CT molecular complexity index is 2160. The first-order chi connectivity index (χ1) is 28.5. The van der Waals surface area contributed by atoms with E-state index in [1.165, 1.54) is 33.2 Å². The van der Waals surface area contributed by atoms with Crippen LogP contribution in [-0.2, 0) is 28.4 Å². The lowest BCUT2D eigenvalue weighted by Gasteiger charge is -2.37. The van der Waals surface area contributed by atoms with E-state index in [1.807, 2.05) is 92.7 Å². The summed E-state index contributed by atoms with van der Waals surface area (Å²) >= 11 is 0. The fourth-order valence-corrected chi connectivity index (χ4v) is 7.35. The molecule has 1 unspecified atom stereocenters. The number of urea groups is 1. The summed E-state index contributed by atoms with van der Waals surface area (Å²) in [4.78, 5) is 36.8. The number of carboxylic acid groups (broad SMARTS) is 1. The quantitative estimate of drug-likeness (QED) is 0.125. The number of hydrogen-bond donors (Lipinski definition) is 2. The first-order valence-electron chi connectivity index (χ1n) is 19.5. The van der Waals surface area contributed by atoms with Gasteiger partial charge in [-0.25, -0.2) is 28.0 Å². The lowest BCUT2D eigenvalue weighted by molar-refractivity contribution is -0.192. The van der Waals surface area contributed by atoms with Crippen molar-refractivity contribution in [2.24, 2.45) is 0 Å². The van der Waals surface area contributed by atoms with Gasteiger partial charge in [0.2, 0.25) is 5.79 Å². The summed E-state index contributed by atoms with van der Waals surface area (Å²) in [5, 5.41) is 17.0. The first-order valence-corrected chi connectivity index (χ1v) is 19.5. The van der Waals surface area contributed by atoms with Gasteiger partial charge in [0.05, 0.1) is 18.7 Å². The number of nitrogens with one attached hydrogen (secondary N) is 1. The van der Waals surface area contributed by atoms with Crippen LogP contribution in [0.15, 0.2) is 110 Å². The van der Waals surface area contributed by atoms with Crippen molar-refractivity contribution in [2.45, 2.75) is 50.9 Å². The SMILES string of the molecule is CC([C@H](C)N(C)C(=O)Nc1ccc(N2CCN(c3ccc(OC[C@@H]4CO[C@@](Cn5cncn5)(c5ccc(F)cc5F)O4)cc3)CC2)cc1)N(Cc1ccccc1)C(=O)O. The third kappa shape index (κ3) is 9.72. The minimum Gasteiger partial charge on any atom is -0.491 e. The van der Waals surface area contributed by atoms with Crippen molar-refractivity contribution in [1.82, 2.24) is 24.6 Å². The molecular formula is C43H48F2N8O6. The molecule has 2 N–H and O–H groups in total. The molecule has 3 amide bonds. The summed E-state index contributed by atoms with van der Waals surface area (Å²) in [6.45, 7) is 7.39. The Hall–Kier alpha value is -6.26. The lowest BCUT2D eigenvalue weighted by Crippen LogP contribution is -2.51. The molecule has 4 aromatic carbocycles. The zero-order chi connectivity index (χ0) is 41.5. The van der Waals surface area contributed by atoms with Gasteiger partial charge in [-0.05, 0) is 80.1 Å². The van der Waals surface area contributed by atoms with Crippen molar-refractivity contribution < 1.29 is 37.7 Å². The average molecular weight is 811 g/mol. The maximum Gasteiger partial charge on any atom is 0.407 e. The molecule has 0 radical (unpaired) electrons. The lowest BCUT2D eigenvalue weighted by atomic mass is 10.0. The molecule has 0 saturated carbocycles. The molecule has 59 heavy (non-hydrogen) atoms. The van der Waals surface area contributed by atoms with Gasteiger partial charge < -0.3 is 39.3 Å². The fraction of sp³-hybridized carbons (Fsp3) is 0.349. The standard InChI is InChI=1S/C43H48F2N8O6/c1-30(31(2)53(42(55)56)24-32-7-5-4-6-8-32)49(3)41(54)48-34-10-12-35(13-11-34)50-19-21-51(22-20-50)36-14-16-37(17-15-36)57-25-38-26-58-43(59-38,27-52-29-46-28-47-52)39-18-9-33(44)23-40(39)45/h4-18,23,28-31,38H,19-22,24-27H2,1-3H3,(H,48,54)(H,55,56)/t30-,31?,38+,43+/m0/s1. The van der Waals surface area contributed by atoms with E-state index in [0.29, 0.717) is 11.4 Å². The Balaban J connectivity index is 0.870. The zero-order valence-electron chi connectivity index (χ0n) is 33.2. The van der Waals surface area contributed by atoms with Gasteiger partial charge in [-0.3, -0.25) is 4.90 Å². The minimum absolute atomic E-state index is 0.0165. The molecule has 310 valence electrons. The second kappa shape index (κ2) is 18.1. The van der Waals surface area contributed by atoms with Gasteiger partial charge in [0.1, 0.15) is 49.3 Å². The normalized spacial score (nSPS) is 18.9. The number of piperazine rings is 1. The van der Waals surface area contributed by atoms with Crippen LogP contribution in [0.4, 0.5) is 35.4 Å². The van der Waals surface area contributed by atoms with Gasteiger partial charge in [0.25, 0.3) is 0 Å². The third-order valence-electron chi connectivity index (χ3n) is 11.0. The highest BCUT2D eigenvalue weighted by Crippen LogP contribution is 2.38. The average Bonchev–Trinajstić information content (AvgIpc) is 3.92. The van der Waals surface area contributed by atoms with Gasteiger partial charge in [-0.15, -0.1) is 0 Å². The van der Waals surface area contributed by atoms with Crippen LogP contribution in [0, 0.1) is 11.6 Å². The van der Waals surface area contributed by atoms with Crippen LogP contribution in [0.2, 0.25) is 0 Å². The molecule has 2 fully saturated rings. The van der Waals surface area contributed by atoms with Gasteiger partial charge in [0.15, 0.2) is 0 Å². The summed E-state index contributed by atoms with van der Waals surface area (Å²) in [5.74, 6) is -2.37. The Morgan fingerprint density at radius 2 is 1.59 bits per heavy atom. The summed E-state index contributed by atoms with van der Waals surface area (Å²) in [6, 6.07) is 27.1. The summed E-state index contributed by atoms with van der Waals surface area (Å²) in [5.41, 5.74) is 3.70. The summed E-state index contributed by atoms with van der Waals surface area (Å²) in [7, 11) is 1.67. The van der Waals surface area contributed by atoms with E-state index in [9.17, 15) is 23.5 Å². The van der Waals surface area contributed by atoms with Gasteiger partial charge in [-0.1, -0.05) is 30.3 Å². The molecular weight excluding hydrogens is 763 g/mol. The number of rotatable bonds is 14. The van der Waals surface area contributed by atoms with Crippen molar-refractivity contribution in [3.63, 3.8) is 0 Å². The minimum atomic E-state index is -1.53. The van der Waals surface area contributed by atoms with E-state index < -0.39 is 41.7 Å². The predicted molar refractivity (Wildman–Crippen MR) is 217 cm³/mol. The van der Waals surface area contributed by atoms with Crippen molar-refractivity contribution >= 4 is 29.2 Å². The van der Waals surface area contributed by atoms with Crippen LogP contribution in [0.1, 0.15) is 25.0 Å². The first kappa shape index (κ1) is 40.9. The molecule has 3 heterocycles. The van der Waals surface area contributed by atoms with Gasteiger partial charge in [0, 0.05) is 68.5 Å². The van der Waals surface area contributed by atoms with Crippen molar-refractivity contribution in [3.8, 4) is 5.75 Å². The molecule has 2 aliphatic rings. The Labute approximate surface area is 341 Å². The number of carbonyl (C=O) groups is 2. The molecule has 14 nitrogen and oxygen atoms in total. The van der Waals surface area contributed by atoms with E-state index in [-0.39, 0.29) is 37.9 Å². The van der Waals surface area contributed by atoms with Gasteiger partial charge >= 0.3 is 12.1 Å². The second-order valence-corrected chi connectivity index (χ2v) is 14.8. The zero-order valence-corrected chi connectivity index (χ0v) is 33.2.